The SMILES string of the molecule is O=C(O)c1ccc(S(=O)(=O)N2CCN([C@H]3CC(=O)N(c4ccccc4F)C3=O)CC2)cc1. The molecule has 0 aromatic heterocycles. The molecule has 1 atom stereocenters. The lowest BCUT2D eigenvalue weighted by Crippen LogP contribution is -2.53. The lowest BCUT2D eigenvalue weighted by Gasteiger charge is -2.36. The summed E-state index contributed by atoms with van der Waals surface area (Å²) in [5.41, 5.74) is -0.103. The van der Waals surface area contributed by atoms with Crippen LogP contribution in [0.1, 0.15) is 16.8 Å². The first-order valence-corrected chi connectivity index (χ1v) is 11.3. The summed E-state index contributed by atoms with van der Waals surface area (Å²) in [7, 11) is -3.83. The van der Waals surface area contributed by atoms with Crippen molar-refractivity contribution in [1.82, 2.24) is 9.21 Å². The molecule has 2 amide bonds. The summed E-state index contributed by atoms with van der Waals surface area (Å²) >= 11 is 0. The van der Waals surface area contributed by atoms with Crippen LogP contribution in [0.5, 0.6) is 0 Å². The number of rotatable bonds is 5. The van der Waals surface area contributed by atoms with Crippen LogP contribution < -0.4 is 4.90 Å². The molecule has 0 aliphatic carbocycles. The zero-order valence-electron chi connectivity index (χ0n) is 16.8. The molecule has 11 heteroatoms. The number of amides is 2. The fourth-order valence-corrected chi connectivity index (χ4v) is 5.38. The maximum absolute atomic E-state index is 14.1. The fraction of sp³-hybridized carbons (Fsp3) is 0.286. The van der Waals surface area contributed by atoms with Crippen LogP contribution in [0, 0.1) is 5.82 Å². The van der Waals surface area contributed by atoms with Gasteiger partial charge < -0.3 is 5.11 Å². The molecule has 32 heavy (non-hydrogen) atoms. The number of piperazine rings is 1. The van der Waals surface area contributed by atoms with E-state index in [4.69, 9.17) is 5.11 Å². The first kappa shape index (κ1) is 22.1. The Morgan fingerprint density at radius 3 is 2.19 bits per heavy atom. The Bertz CT molecular complexity index is 1180. The predicted molar refractivity (Wildman–Crippen MR) is 111 cm³/mol. The standard InChI is InChI=1S/C21H20FN3O6S/c22-16-3-1-2-4-17(16)25-19(26)13-18(20(25)27)23-9-11-24(12-10-23)32(30,31)15-7-5-14(6-8-15)21(28)29/h1-8,18H,9-13H2,(H,28,29)/t18-/m0/s1. The minimum Gasteiger partial charge on any atom is -0.478 e. The number of carbonyl (C=O) groups is 3. The summed E-state index contributed by atoms with van der Waals surface area (Å²) in [5, 5.41) is 8.97. The molecule has 168 valence electrons. The van der Waals surface area contributed by atoms with Crippen molar-refractivity contribution >= 4 is 33.5 Å². The Hall–Kier alpha value is -3.15. The summed E-state index contributed by atoms with van der Waals surface area (Å²) in [4.78, 5) is 38.8. The van der Waals surface area contributed by atoms with E-state index in [0.29, 0.717) is 0 Å². The zero-order valence-corrected chi connectivity index (χ0v) is 17.7. The Morgan fingerprint density at radius 2 is 1.59 bits per heavy atom. The number of anilines is 1. The lowest BCUT2D eigenvalue weighted by molar-refractivity contribution is -0.123. The van der Waals surface area contributed by atoms with Crippen molar-refractivity contribution in [2.75, 3.05) is 31.1 Å². The number of imide groups is 1. The lowest BCUT2D eigenvalue weighted by atomic mass is 10.2. The van der Waals surface area contributed by atoms with Crippen molar-refractivity contribution < 1.29 is 32.3 Å². The number of carboxylic acids is 1. The molecule has 2 fully saturated rings. The largest absolute Gasteiger partial charge is 0.478 e. The zero-order chi connectivity index (χ0) is 23.0. The topological polar surface area (TPSA) is 115 Å². The van der Waals surface area contributed by atoms with E-state index in [-0.39, 0.29) is 48.7 Å². The molecular weight excluding hydrogens is 441 g/mol. The van der Waals surface area contributed by atoms with E-state index in [1.54, 1.807) is 11.0 Å². The van der Waals surface area contributed by atoms with Crippen LogP contribution >= 0.6 is 0 Å². The van der Waals surface area contributed by atoms with E-state index in [2.05, 4.69) is 0 Å². The van der Waals surface area contributed by atoms with E-state index in [0.717, 1.165) is 4.90 Å². The van der Waals surface area contributed by atoms with Gasteiger partial charge >= 0.3 is 5.97 Å². The quantitative estimate of drug-likeness (QED) is 0.665. The average Bonchev–Trinajstić information content (AvgIpc) is 3.08. The number of sulfonamides is 1. The van der Waals surface area contributed by atoms with E-state index in [9.17, 15) is 27.2 Å². The Kier molecular flexibility index (Phi) is 5.80. The number of para-hydroxylation sites is 1. The summed E-state index contributed by atoms with van der Waals surface area (Å²) in [6.07, 6.45) is -0.101. The van der Waals surface area contributed by atoms with Gasteiger partial charge in [-0.15, -0.1) is 0 Å². The average molecular weight is 461 g/mol. The molecule has 2 aromatic carbocycles. The monoisotopic (exact) mass is 461 g/mol. The number of aromatic carboxylic acids is 1. The van der Waals surface area contributed by atoms with Crippen LogP contribution in [-0.4, -0.2) is 72.7 Å². The van der Waals surface area contributed by atoms with Crippen molar-refractivity contribution in [3.05, 3.63) is 59.9 Å². The third-order valence-corrected chi connectivity index (χ3v) is 7.58. The van der Waals surface area contributed by atoms with E-state index < -0.39 is 39.7 Å². The summed E-state index contributed by atoms with van der Waals surface area (Å²) in [5.74, 6) is -2.85. The third kappa shape index (κ3) is 3.90. The van der Waals surface area contributed by atoms with E-state index in [1.165, 1.54) is 46.8 Å². The molecule has 4 rings (SSSR count). The molecule has 2 aliphatic rings. The van der Waals surface area contributed by atoms with Crippen LogP contribution in [0.4, 0.5) is 10.1 Å². The van der Waals surface area contributed by atoms with E-state index in [1.807, 2.05) is 0 Å². The summed E-state index contributed by atoms with van der Waals surface area (Å²) in [6, 6.07) is 9.73. The molecule has 2 heterocycles. The molecule has 9 nitrogen and oxygen atoms in total. The molecule has 0 saturated carbocycles. The van der Waals surface area contributed by atoms with Crippen molar-refractivity contribution in [3.63, 3.8) is 0 Å². The van der Waals surface area contributed by atoms with Gasteiger partial charge in [0.15, 0.2) is 0 Å². The summed E-state index contributed by atoms with van der Waals surface area (Å²) < 4.78 is 41.1. The van der Waals surface area contributed by atoms with Gasteiger partial charge in [-0.2, -0.15) is 4.31 Å². The Labute approximate surface area is 183 Å². The molecule has 0 unspecified atom stereocenters. The molecule has 0 spiro atoms. The van der Waals surface area contributed by atoms with Gasteiger partial charge in [-0.3, -0.25) is 14.5 Å². The van der Waals surface area contributed by atoms with Crippen molar-refractivity contribution in [1.29, 1.82) is 0 Å². The molecule has 1 N–H and O–H groups in total. The van der Waals surface area contributed by atoms with Crippen LogP contribution in [0.15, 0.2) is 53.4 Å². The third-order valence-electron chi connectivity index (χ3n) is 5.67. The second kappa shape index (κ2) is 8.41. The molecule has 0 radical (unpaired) electrons. The Morgan fingerprint density at radius 1 is 0.969 bits per heavy atom. The number of carbonyl (C=O) groups excluding carboxylic acids is 2. The van der Waals surface area contributed by atoms with Gasteiger partial charge in [0.2, 0.25) is 15.9 Å². The smallest absolute Gasteiger partial charge is 0.335 e. The molecule has 2 aromatic rings. The first-order chi connectivity index (χ1) is 15.2. The van der Waals surface area contributed by atoms with Crippen LogP contribution in [0.25, 0.3) is 0 Å². The predicted octanol–water partition coefficient (Wildman–Crippen LogP) is 1.16. The molecule has 0 bridgehead atoms. The van der Waals surface area contributed by atoms with Crippen LogP contribution in [-0.2, 0) is 19.6 Å². The van der Waals surface area contributed by atoms with Crippen molar-refractivity contribution in [2.24, 2.45) is 0 Å². The maximum atomic E-state index is 14.1. The highest BCUT2D eigenvalue weighted by molar-refractivity contribution is 7.89. The highest BCUT2D eigenvalue weighted by Crippen LogP contribution is 2.29. The maximum Gasteiger partial charge on any atom is 0.335 e. The molecule has 2 aliphatic heterocycles. The van der Waals surface area contributed by atoms with Crippen LogP contribution in [0.3, 0.4) is 0 Å². The van der Waals surface area contributed by atoms with Gasteiger partial charge in [0.1, 0.15) is 5.82 Å². The van der Waals surface area contributed by atoms with Gasteiger partial charge in [-0.25, -0.2) is 22.5 Å². The Balaban J connectivity index is 1.44. The second-order valence-corrected chi connectivity index (χ2v) is 9.45. The number of carboxylic acid groups (broad SMARTS) is 1. The van der Waals surface area contributed by atoms with E-state index >= 15 is 0 Å². The van der Waals surface area contributed by atoms with Gasteiger partial charge in [0, 0.05) is 26.2 Å². The fourth-order valence-electron chi connectivity index (χ4n) is 3.96. The number of nitrogens with zero attached hydrogens (tertiary/aromatic N) is 3. The molecule has 2 saturated heterocycles. The number of benzene rings is 2. The van der Waals surface area contributed by atoms with Crippen molar-refractivity contribution in [3.8, 4) is 0 Å². The highest BCUT2D eigenvalue weighted by Gasteiger charge is 2.44. The van der Waals surface area contributed by atoms with Gasteiger partial charge in [0.25, 0.3) is 5.91 Å². The number of hydrogen-bond acceptors (Lipinski definition) is 6. The second-order valence-electron chi connectivity index (χ2n) is 7.51. The van der Waals surface area contributed by atoms with Gasteiger partial charge in [-0.1, -0.05) is 12.1 Å². The van der Waals surface area contributed by atoms with Gasteiger partial charge in [-0.05, 0) is 36.4 Å². The minimum absolute atomic E-state index is 0.0161. The number of hydrogen-bond donors (Lipinski definition) is 1. The van der Waals surface area contributed by atoms with Crippen LogP contribution in [0.2, 0.25) is 0 Å². The molecular formula is C21H20FN3O6S. The normalized spacial score (nSPS) is 20.7. The highest BCUT2D eigenvalue weighted by atomic mass is 32.2. The minimum atomic E-state index is -3.83. The summed E-state index contributed by atoms with van der Waals surface area (Å²) in [6.45, 7) is 0.643. The number of halogens is 1. The van der Waals surface area contributed by atoms with Gasteiger partial charge in [0.05, 0.1) is 28.6 Å². The first-order valence-electron chi connectivity index (χ1n) is 9.89. The van der Waals surface area contributed by atoms with Crippen molar-refractivity contribution in [2.45, 2.75) is 17.4 Å².